The number of nitrogens with zero attached hydrogens (tertiary/aromatic N) is 5. The maximum absolute atomic E-state index is 13.7. The Morgan fingerprint density at radius 1 is 0.953 bits per heavy atom. The molecule has 228 valence electrons. The normalized spacial score (nSPS) is 19.1. The summed E-state index contributed by atoms with van der Waals surface area (Å²) in [7, 11) is 7.56. The highest BCUT2D eigenvalue weighted by atomic mass is 16.5. The predicted molar refractivity (Wildman–Crippen MR) is 170 cm³/mol. The molecule has 43 heavy (non-hydrogen) atoms. The van der Waals surface area contributed by atoms with Crippen molar-refractivity contribution in [3.63, 3.8) is 0 Å². The number of hydrogen-bond acceptors (Lipinski definition) is 8. The molecule has 3 aromatic rings. The predicted octanol–water partition coefficient (Wildman–Crippen LogP) is 3.02. The van der Waals surface area contributed by atoms with Gasteiger partial charge in [0.1, 0.15) is 17.3 Å². The molecular weight excluding hydrogens is 546 g/mol. The summed E-state index contributed by atoms with van der Waals surface area (Å²) in [6.45, 7) is 9.74. The molecule has 3 aliphatic rings. The summed E-state index contributed by atoms with van der Waals surface area (Å²) in [5, 5.41) is 6.29. The van der Waals surface area contributed by atoms with E-state index in [2.05, 4.69) is 61.0 Å². The highest BCUT2D eigenvalue weighted by molar-refractivity contribution is 6.16. The Hall–Kier alpha value is -4.06. The largest absolute Gasteiger partial charge is 0.497 e. The van der Waals surface area contributed by atoms with Gasteiger partial charge in [-0.25, -0.2) is 4.79 Å². The lowest BCUT2D eigenvalue weighted by atomic mass is 10.1. The summed E-state index contributed by atoms with van der Waals surface area (Å²) in [4.78, 5) is 35.2. The van der Waals surface area contributed by atoms with Crippen molar-refractivity contribution >= 4 is 40.3 Å². The van der Waals surface area contributed by atoms with Crippen molar-refractivity contribution in [3.05, 3.63) is 53.3 Å². The Bertz CT molecular complexity index is 1550. The Morgan fingerprint density at radius 3 is 2.37 bits per heavy atom. The van der Waals surface area contributed by atoms with E-state index < -0.39 is 0 Å². The van der Waals surface area contributed by atoms with Gasteiger partial charge in [-0.05, 0) is 56.6 Å². The minimum atomic E-state index is -0.350. The molecule has 0 spiro atoms. The number of urea groups is 1. The molecule has 2 fully saturated rings. The monoisotopic (exact) mass is 587 g/mol. The zero-order valence-corrected chi connectivity index (χ0v) is 25.5. The number of allylic oxidation sites excluding steroid dienone is 1. The van der Waals surface area contributed by atoms with Crippen molar-refractivity contribution in [2.24, 2.45) is 0 Å². The number of rotatable bonds is 7. The minimum absolute atomic E-state index is 0.207. The van der Waals surface area contributed by atoms with Gasteiger partial charge >= 0.3 is 6.03 Å². The number of amides is 2. The number of hydrogen-bond donors (Lipinski definition) is 2. The molecule has 1 aromatic heterocycles. The maximum atomic E-state index is 13.7. The smallest absolute Gasteiger partial charge is 0.318 e. The quantitative estimate of drug-likeness (QED) is 0.408. The Labute approximate surface area is 252 Å². The summed E-state index contributed by atoms with van der Waals surface area (Å²) in [5.74, 6) is 2.41. The van der Waals surface area contributed by atoms with E-state index >= 15 is 0 Å². The number of aromatic nitrogens is 1. The summed E-state index contributed by atoms with van der Waals surface area (Å²) in [6, 6.07) is 11.0. The van der Waals surface area contributed by atoms with E-state index in [9.17, 15) is 9.59 Å². The van der Waals surface area contributed by atoms with Crippen LogP contribution in [0, 0.1) is 0 Å². The number of methoxy groups -OCH3 is 1. The van der Waals surface area contributed by atoms with Crippen LogP contribution in [0.25, 0.3) is 17.0 Å². The number of ether oxygens (including phenoxy) is 2. The Kier molecular flexibility index (Phi) is 8.29. The van der Waals surface area contributed by atoms with E-state index in [-0.39, 0.29) is 17.6 Å². The van der Waals surface area contributed by atoms with Gasteiger partial charge in [0.05, 0.1) is 18.2 Å². The molecule has 2 saturated heterocycles. The van der Waals surface area contributed by atoms with Gasteiger partial charge in [-0.2, -0.15) is 0 Å². The van der Waals surface area contributed by atoms with E-state index in [0.29, 0.717) is 17.0 Å². The zero-order chi connectivity index (χ0) is 30.1. The maximum Gasteiger partial charge on any atom is 0.318 e. The van der Waals surface area contributed by atoms with Crippen LogP contribution in [0.5, 0.6) is 11.5 Å². The van der Waals surface area contributed by atoms with Crippen molar-refractivity contribution < 1.29 is 19.1 Å². The van der Waals surface area contributed by atoms with Crippen molar-refractivity contribution in [1.82, 2.24) is 24.6 Å². The highest BCUT2D eigenvalue weighted by Gasteiger charge is 2.31. The van der Waals surface area contributed by atoms with Crippen molar-refractivity contribution in [2.45, 2.75) is 6.54 Å². The van der Waals surface area contributed by atoms with E-state index in [1.165, 1.54) is 0 Å². The number of fused-ring (bicyclic) bond motifs is 2. The molecule has 0 unspecified atom stereocenters. The number of nitrogens with one attached hydrogen (secondary N) is 2. The summed E-state index contributed by atoms with van der Waals surface area (Å²) < 4.78 is 14.2. The number of anilines is 2. The van der Waals surface area contributed by atoms with Crippen LogP contribution < -0.4 is 25.0 Å². The van der Waals surface area contributed by atoms with E-state index in [1.807, 2.05) is 12.1 Å². The van der Waals surface area contributed by atoms with Crippen LogP contribution >= 0.6 is 0 Å². The van der Waals surface area contributed by atoms with Crippen molar-refractivity contribution in [3.8, 4) is 11.5 Å². The van der Waals surface area contributed by atoms with Gasteiger partial charge < -0.3 is 39.4 Å². The Morgan fingerprint density at radius 2 is 1.67 bits per heavy atom. The molecule has 6 rings (SSSR count). The first kappa shape index (κ1) is 29.0. The van der Waals surface area contributed by atoms with Crippen LogP contribution in [0.15, 0.2) is 42.2 Å². The van der Waals surface area contributed by atoms with Gasteiger partial charge in [-0.1, -0.05) is 0 Å². The average Bonchev–Trinajstić information content (AvgIpc) is 3.50. The molecule has 0 bridgehead atoms. The number of Topliss-reactive ketones (excluding diaryl/α,β-unsaturated/α-hetero) is 1. The third-order valence-corrected chi connectivity index (χ3v) is 8.75. The Balaban J connectivity index is 1.42. The van der Waals surface area contributed by atoms with Gasteiger partial charge in [-0.15, -0.1) is 0 Å². The van der Waals surface area contributed by atoms with Crippen LogP contribution in [-0.2, 0) is 6.54 Å². The molecule has 0 atom stereocenters. The molecule has 0 saturated carbocycles. The molecule has 4 heterocycles. The highest BCUT2D eigenvalue weighted by Crippen LogP contribution is 2.40. The number of piperazine rings is 2. The molecule has 0 aliphatic carbocycles. The lowest BCUT2D eigenvalue weighted by Gasteiger charge is -2.36. The van der Waals surface area contributed by atoms with Crippen molar-refractivity contribution in [1.29, 1.82) is 0 Å². The van der Waals surface area contributed by atoms with Crippen LogP contribution in [0.2, 0.25) is 0 Å². The molecule has 0 radical (unpaired) electrons. The first-order valence-electron chi connectivity index (χ1n) is 15.0. The SMILES string of the molecule is CNC(=O)Nc1ccc2c(c1)C(=O)/C(=C/c1c(N3CCN(C)CC3)n(CCN3CCN(C)CC3)c3ccc(OC)cc13)O2. The molecular formula is C32H41N7O4. The van der Waals surface area contributed by atoms with E-state index in [0.717, 1.165) is 93.5 Å². The third kappa shape index (κ3) is 5.93. The molecule has 11 nitrogen and oxygen atoms in total. The van der Waals surface area contributed by atoms with Gasteiger partial charge in [0, 0.05) is 89.1 Å². The second kappa shape index (κ2) is 12.3. The zero-order valence-electron chi connectivity index (χ0n) is 25.5. The molecule has 11 heteroatoms. The average molecular weight is 588 g/mol. The van der Waals surface area contributed by atoms with Crippen LogP contribution in [0.1, 0.15) is 15.9 Å². The van der Waals surface area contributed by atoms with E-state index in [4.69, 9.17) is 9.47 Å². The fraction of sp³-hybridized carbons (Fsp3) is 0.438. The lowest BCUT2D eigenvalue weighted by molar-refractivity contribution is 0.101. The molecule has 2 aromatic carbocycles. The van der Waals surface area contributed by atoms with Crippen LogP contribution in [-0.4, -0.2) is 118 Å². The number of likely N-dealkylation sites (N-methyl/N-ethyl adjacent to an activating group) is 2. The first-order chi connectivity index (χ1) is 20.8. The van der Waals surface area contributed by atoms with Crippen molar-refractivity contribution in [2.75, 3.05) is 97.4 Å². The number of ketones is 1. The number of benzene rings is 2. The summed E-state index contributed by atoms with van der Waals surface area (Å²) in [5.41, 5.74) is 3.02. The van der Waals surface area contributed by atoms with Gasteiger partial charge in [-0.3, -0.25) is 9.69 Å². The fourth-order valence-electron chi connectivity index (χ4n) is 6.11. The lowest BCUT2D eigenvalue weighted by Crippen LogP contribution is -2.46. The third-order valence-electron chi connectivity index (χ3n) is 8.75. The number of carbonyl (C=O) groups is 2. The second-order valence-corrected chi connectivity index (χ2v) is 11.6. The first-order valence-corrected chi connectivity index (χ1v) is 15.0. The van der Waals surface area contributed by atoms with Crippen LogP contribution in [0.4, 0.5) is 16.3 Å². The molecule has 3 aliphatic heterocycles. The van der Waals surface area contributed by atoms with Gasteiger partial charge in [0.2, 0.25) is 5.78 Å². The van der Waals surface area contributed by atoms with Gasteiger partial charge in [0.15, 0.2) is 5.76 Å². The van der Waals surface area contributed by atoms with E-state index in [1.54, 1.807) is 32.4 Å². The second-order valence-electron chi connectivity index (χ2n) is 11.6. The standard InChI is InChI=1S/C32H41N7O4/c1-33-32(41)34-22-5-8-28-26(19-22)30(40)29(43-28)21-25-24-20-23(42-4)6-7-27(24)39(18-15-37-13-9-35(2)10-14-37)31(25)38-16-11-36(3)12-17-38/h5-8,19-21H,9-18H2,1-4H3,(H2,33,34,41)/b29-21-. The molecule has 2 N–H and O–H groups in total. The molecule has 2 amide bonds. The minimum Gasteiger partial charge on any atom is -0.497 e. The summed E-state index contributed by atoms with van der Waals surface area (Å²) in [6.07, 6.45) is 1.90. The van der Waals surface area contributed by atoms with Gasteiger partial charge in [0.25, 0.3) is 0 Å². The fourth-order valence-corrected chi connectivity index (χ4v) is 6.11. The summed E-state index contributed by atoms with van der Waals surface area (Å²) >= 11 is 0. The van der Waals surface area contributed by atoms with Crippen LogP contribution in [0.3, 0.4) is 0 Å². The number of carbonyl (C=O) groups excluding carboxylic acids is 2. The topological polar surface area (TPSA) is 94.6 Å².